The van der Waals surface area contributed by atoms with Crippen LogP contribution in [0.4, 0.5) is 10.5 Å². The second-order valence-electron chi connectivity index (χ2n) is 7.39. The van der Waals surface area contributed by atoms with Crippen LogP contribution in [0.15, 0.2) is 24.3 Å². The van der Waals surface area contributed by atoms with Gasteiger partial charge in [-0.15, -0.1) is 0 Å². The van der Waals surface area contributed by atoms with E-state index in [4.69, 9.17) is 5.73 Å². The number of carbonyl (C=O) groups is 2. The first kappa shape index (κ1) is 21.1. The van der Waals surface area contributed by atoms with Gasteiger partial charge in [0.2, 0.25) is 5.91 Å². The Labute approximate surface area is 162 Å². The zero-order valence-corrected chi connectivity index (χ0v) is 16.3. The van der Waals surface area contributed by atoms with E-state index >= 15 is 0 Å². The van der Waals surface area contributed by atoms with Gasteiger partial charge in [0.1, 0.15) is 0 Å². The first-order valence-electron chi connectivity index (χ1n) is 10.3. The van der Waals surface area contributed by atoms with Crippen molar-refractivity contribution < 1.29 is 9.59 Å². The molecule has 1 aromatic rings. The molecule has 1 aliphatic carbocycles. The van der Waals surface area contributed by atoms with Gasteiger partial charge in [0.05, 0.1) is 0 Å². The molecular weight excluding hydrogens is 340 g/mol. The molecule has 1 aromatic carbocycles. The van der Waals surface area contributed by atoms with Gasteiger partial charge in [-0.2, -0.15) is 0 Å². The van der Waals surface area contributed by atoms with Gasteiger partial charge in [-0.05, 0) is 49.8 Å². The van der Waals surface area contributed by atoms with Crippen molar-refractivity contribution in [1.82, 2.24) is 16.0 Å². The molecule has 5 N–H and O–H groups in total. The van der Waals surface area contributed by atoms with Gasteiger partial charge < -0.3 is 21.7 Å². The summed E-state index contributed by atoms with van der Waals surface area (Å²) < 4.78 is 0. The van der Waals surface area contributed by atoms with Crippen LogP contribution >= 0.6 is 0 Å². The van der Waals surface area contributed by atoms with Crippen LogP contribution in [0, 0.1) is 0 Å². The third kappa shape index (κ3) is 9.31. The van der Waals surface area contributed by atoms with E-state index < -0.39 is 0 Å². The summed E-state index contributed by atoms with van der Waals surface area (Å²) in [6.45, 7) is 1.31. The van der Waals surface area contributed by atoms with Gasteiger partial charge in [0.25, 0.3) is 0 Å². The van der Waals surface area contributed by atoms with E-state index in [0.29, 0.717) is 25.6 Å². The predicted octanol–water partition coefficient (Wildman–Crippen LogP) is 3.12. The number of benzene rings is 1. The Morgan fingerprint density at radius 3 is 2.41 bits per heavy atom. The lowest BCUT2D eigenvalue weighted by Crippen LogP contribution is -2.43. The number of nitrogens with two attached hydrogens (primary N) is 1. The Morgan fingerprint density at radius 1 is 0.926 bits per heavy atom. The molecule has 0 saturated heterocycles. The Kier molecular flexibility index (Phi) is 9.52. The number of hydrogen-bond acceptors (Lipinski definition) is 3. The van der Waals surface area contributed by atoms with Gasteiger partial charge in [-0.25, -0.2) is 4.79 Å². The number of hydrogen-bond donors (Lipinski definition) is 4. The molecule has 0 heterocycles. The summed E-state index contributed by atoms with van der Waals surface area (Å²) in [4.78, 5) is 23.7. The summed E-state index contributed by atoms with van der Waals surface area (Å²) in [6, 6.07) is 8.01. The second-order valence-corrected chi connectivity index (χ2v) is 7.39. The highest BCUT2D eigenvalue weighted by molar-refractivity contribution is 5.75. The Hall–Kier alpha value is -2.24. The van der Waals surface area contributed by atoms with Crippen molar-refractivity contribution in [3.63, 3.8) is 0 Å². The van der Waals surface area contributed by atoms with Crippen LogP contribution in [0.3, 0.4) is 0 Å². The summed E-state index contributed by atoms with van der Waals surface area (Å²) in [7, 11) is 0. The van der Waals surface area contributed by atoms with Crippen LogP contribution in [0.25, 0.3) is 0 Å². The van der Waals surface area contributed by atoms with Crippen molar-refractivity contribution in [3.05, 3.63) is 29.8 Å². The summed E-state index contributed by atoms with van der Waals surface area (Å²) in [6.07, 6.45) is 9.95. The zero-order chi connectivity index (χ0) is 19.3. The maximum atomic E-state index is 11.8. The summed E-state index contributed by atoms with van der Waals surface area (Å²) >= 11 is 0. The third-order valence-corrected chi connectivity index (χ3v) is 5.02. The Bertz CT molecular complexity index is 568. The molecule has 150 valence electrons. The summed E-state index contributed by atoms with van der Waals surface area (Å²) in [5.74, 6) is 0.0912. The first-order valence-corrected chi connectivity index (χ1v) is 10.3. The van der Waals surface area contributed by atoms with Gasteiger partial charge in [0.15, 0.2) is 0 Å². The number of nitrogens with one attached hydrogen (secondary N) is 3. The van der Waals surface area contributed by atoms with Crippen molar-refractivity contribution in [2.24, 2.45) is 0 Å². The fourth-order valence-electron chi connectivity index (χ4n) is 3.39. The maximum absolute atomic E-state index is 11.8. The van der Waals surface area contributed by atoms with Crippen molar-refractivity contribution in [2.45, 2.75) is 70.3 Å². The molecule has 0 aliphatic heterocycles. The lowest BCUT2D eigenvalue weighted by atomic mass is 9.96. The van der Waals surface area contributed by atoms with E-state index in [-0.39, 0.29) is 11.9 Å². The van der Waals surface area contributed by atoms with Crippen LogP contribution in [0.5, 0.6) is 0 Å². The van der Waals surface area contributed by atoms with Gasteiger partial charge >= 0.3 is 6.03 Å². The van der Waals surface area contributed by atoms with Crippen molar-refractivity contribution >= 4 is 17.6 Å². The molecule has 6 nitrogen and oxygen atoms in total. The monoisotopic (exact) mass is 374 g/mol. The average molecular weight is 375 g/mol. The summed E-state index contributed by atoms with van der Waals surface area (Å²) in [5, 5.41) is 8.91. The second kappa shape index (κ2) is 12.2. The fraction of sp³-hybridized carbons (Fsp3) is 0.619. The predicted molar refractivity (Wildman–Crippen MR) is 109 cm³/mol. The molecule has 0 bridgehead atoms. The molecule has 27 heavy (non-hydrogen) atoms. The van der Waals surface area contributed by atoms with Crippen molar-refractivity contribution in [2.75, 3.05) is 18.8 Å². The minimum Gasteiger partial charge on any atom is -0.399 e. The molecule has 2 rings (SSSR count). The maximum Gasteiger partial charge on any atom is 0.315 e. The van der Waals surface area contributed by atoms with Crippen LogP contribution in [0.2, 0.25) is 0 Å². The quantitative estimate of drug-likeness (QED) is 0.374. The molecule has 0 unspecified atom stereocenters. The van der Waals surface area contributed by atoms with Crippen molar-refractivity contribution in [1.29, 1.82) is 0 Å². The molecule has 0 aromatic heterocycles. The Morgan fingerprint density at radius 2 is 1.67 bits per heavy atom. The van der Waals surface area contributed by atoms with E-state index in [1.807, 2.05) is 24.3 Å². The number of nitrogen functional groups attached to an aromatic ring is 1. The van der Waals surface area contributed by atoms with E-state index in [9.17, 15) is 9.59 Å². The molecule has 0 atom stereocenters. The number of rotatable bonds is 10. The molecule has 3 amide bonds. The van der Waals surface area contributed by atoms with Crippen LogP contribution in [-0.2, 0) is 11.2 Å². The minimum absolute atomic E-state index is 0.0534. The SMILES string of the molecule is Nc1ccc(CCNC(=O)CCCCCNC(=O)NC2CCCCC2)cc1. The molecule has 1 saturated carbocycles. The minimum atomic E-state index is -0.0534. The lowest BCUT2D eigenvalue weighted by Gasteiger charge is -2.22. The zero-order valence-electron chi connectivity index (χ0n) is 16.3. The molecule has 6 heteroatoms. The van der Waals surface area contributed by atoms with E-state index in [1.54, 1.807) is 0 Å². The smallest absolute Gasteiger partial charge is 0.315 e. The highest BCUT2D eigenvalue weighted by atomic mass is 16.2. The van der Waals surface area contributed by atoms with Gasteiger partial charge in [-0.1, -0.05) is 37.8 Å². The summed E-state index contributed by atoms with van der Waals surface area (Å²) in [5.41, 5.74) is 7.58. The Balaban J connectivity index is 1.42. The van der Waals surface area contributed by atoms with Gasteiger partial charge in [0, 0.05) is 31.2 Å². The highest BCUT2D eigenvalue weighted by Gasteiger charge is 2.14. The number of anilines is 1. The molecule has 1 aliphatic rings. The molecule has 0 spiro atoms. The topological polar surface area (TPSA) is 96.2 Å². The van der Waals surface area contributed by atoms with Gasteiger partial charge in [-0.3, -0.25) is 4.79 Å². The number of unbranched alkanes of at least 4 members (excludes halogenated alkanes) is 2. The van der Waals surface area contributed by atoms with E-state index in [0.717, 1.165) is 44.2 Å². The fourth-order valence-corrected chi connectivity index (χ4v) is 3.39. The average Bonchev–Trinajstić information content (AvgIpc) is 2.67. The van der Waals surface area contributed by atoms with E-state index in [1.165, 1.54) is 24.8 Å². The lowest BCUT2D eigenvalue weighted by molar-refractivity contribution is -0.121. The molecular formula is C21H34N4O2. The normalized spacial score (nSPS) is 14.5. The van der Waals surface area contributed by atoms with Crippen molar-refractivity contribution in [3.8, 4) is 0 Å². The third-order valence-electron chi connectivity index (χ3n) is 5.02. The largest absolute Gasteiger partial charge is 0.399 e. The number of urea groups is 1. The molecule has 0 radical (unpaired) electrons. The van der Waals surface area contributed by atoms with Crippen LogP contribution in [0.1, 0.15) is 63.4 Å². The highest BCUT2D eigenvalue weighted by Crippen LogP contribution is 2.17. The van der Waals surface area contributed by atoms with Crippen LogP contribution < -0.4 is 21.7 Å². The number of amides is 3. The first-order chi connectivity index (χ1) is 13.1. The molecule has 1 fully saturated rings. The van der Waals surface area contributed by atoms with E-state index in [2.05, 4.69) is 16.0 Å². The van der Waals surface area contributed by atoms with Crippen LogP contribution in [-0.4, -0.2) is 31.1 Å². The standard InChI is InChI=1S/C21H34N4O2/c22-18-12-10-17(11-13-18)14-16-23-20(26)9-5-2-6-15-24-21(27)25-19-7-3-1-4-8-19/h10-13,19H,1-9,14-16,22H2,(H,23,26)(H2,24,25,27). The number of carbonyl (C=O) groups excluding carboxylic acids is 2.